The van der Waals surface area contributed by atoms with Crippen molar-refractivity contribution in [3.8, 4) is 5.75 Å². The maximum atomic E-state index is 12.2. The Bertz CT molecular complexity index is 650. The number of H-pyrrole nitrogens is 1. The van der Waals surface area contributed by atoms with E-state index in [1.165, 1.54) is 11.8 Å². The lowest BCUT2D eigenvalue weighted by Crippen LogP contribution is -2.18. The normalized spacial score (nSPS) is 10.6. The molecule has 1 N–H and O–H groups in total. The van der Waals surface area contributed by atoms with E-state index in [-0.39, 0.29) is 5.56 Å². The van der Waals surface area contributed by atoms with Crippen LogP contribution >= 0.6 is 11.8 Å². The molecule has 0 bridgehead atoms. The highest BCUT2D eigenvalue weighted by molar-refractivity contribution is 7.98. The molecule has 0 saturated carbocycles. The van der Waals surface area contributed by atoms with Crippen molar-refractivity contribution in [2.45, 2.75) is 31.8 Å². The van der Waals surface area contributed by atoms with Gasteiger partial charge in [0.1, 0.15) is 5.75 Å². The average molecular weight is 304 g/mol. The van der Waals surface area contributed by atoms with Crippen molar-refractivity contribution in [2.24, 2.45) is 0 Å². The number of rotatable bonds is 6. The van der Waals surface area contributed by atoms with Crippen LogP contribution in [0.1, 0.15) is 30.7 Å². The molecule has 1 heterocycles. The summed E-state index contributed by atoms with van der Waals surface area (Å²) in [4.78, 5) is 19.5. The second-order valence-corrected chi connectivity index (χ2v) is 5.40. The van der Waals surface area contributed by atoms with Crippen molar-refractivity contribution < 1.29 is 4.74 Å². The first-order chi connectivity index (χ1) is 10.2. The molecule has 2 rings (SSSR count). The highest BCUT2D eigenvalue weighted by atomic mass is 32.2. The van der Waals surface area contributed by atoms with Crippen LogP contribution in [0.15, 0.2) is 34.2 Å². The van der Waals surface area contributed by atoms with E-state index in [4.69, 9.17) is 4.74 Å². The smallest absolute Gasteiger partial charge is 0.255 e. The number of ether oxygens (including phenoxy) is 1. The van der Waals surface area contributed by atoms with Gasteiger partial charge in [-0.1, -0.05) is 30.8 Å². The summed E-state index contributed by atoms with van der Waals surface area (Å²) in [6.07, 6.45) is 3.25. The molecule has 0 radical (unpaired) electrons. The molecular weight excluding hydrogens is 284 g/mol. The minimum absolute atomic E-state index is 0.0416. The van der Waals surface area contributed by atoms with E-state index in [2.05, 4.69) is 9.97 Å². The zero-order valence-electron chi connectivity index (χ0n) is 12.6. The first kappa shape index (κ1) is 15.6. The lowest BCUT2D eigenvalue weighted by Gasteiger charge is -2.09. The summed E-state index contributed by atoms with van der Waals surface area (Å²) in [7, 11) is 0. The number of nitrogens with one attached hydrogen (secondary N) is 1. The molecule has 21 heavy (non-hydrogen) atoms. The van der Waals surface area contributed by atoms with Gasteiger partial charge in [0.2, 0.25) is 0 Å². The third-order valence-electron chi connectivity index (χ3n) is 3.22. The average Bonchev–Trinajstić information content (AvgIpc) is 2.51. The van der Waals surface area contributed by atoms with Crippen LogP contribution in [0.2, 0.25) is 0 Å². The molecule has 2 aromatic rings. The van der Waals surface area contributed by atoms with Gasteiger partial charge in [-0.3, -0.25) is 4.79 Å². The van der Waals surface area contributed by atoms with E-state index in [0.717, 1.165) is 29.0 Å². The predicted molar refractivity (Wildman–Crippen MR) is 86.4 cm³/mol. The summed E-state index contributed by atoms with van der Waals surface area (Å²) in [5, 5.41) is 0.673. The first-order valence-corrected chi connectivity index (χ1v) is 8.28. The quantitative estimate of drug-likeness (QED) is 0.658. The number of aryl methyl sites for hydroxylation is 1. The summed E-state index contributed by atoms with van der Waals surface area (Å²) in [6, 6.07) is 7.85. The summed E-state index contributed by atoms with van der Waals surface area (Å²) >= 11 is 1.45. The van der Waals surface area contributed by atoms with Gasteiger partial charge >= 0.3 is 0 Å². The maximum Gasteiger partial charge on any atom is 0.255 e. The van der Waals surface area contributed by atoms with Crippen LogP contribution in [-0.4, -0.2) is 22.8 Å². The molecule has 0 unspecified atom stereocenters. The third kappa shape index (κ3) is 3.88. The molecule has 0 atom stereocenters. The number of hydrogen-bond donors (Lipinski definition) is 1. The van der Waals surface area contributed by atoms with Crippen molar-refractivity contribution in [2.75, 3.05) is 12.9 Å². The van der Waals surface area contributed by atoms with E-state index in [9.17, 15) is 4.79 Å². The van der Waals surface area contributed by atoms with E-state index >= 15 is 0 Å². The molecule has 0 aliphatic carbocycles. The molecule has 1 aromatic carbocycles. The summed E-state index contributed by atoms with van der Waals surface area (Å²) in [5.74, 6) is 0.849. The molecule has 0 saturated heterocycles. The van der Waals surface area contributed by atoms with E-state index < -0.39 is 0 Å². The van der Waals surface area contributed by atoms with Crippen LogP contribution in [0.5, 0.6) is 5.75 Å². The fourth-order valence-corrected chi connectivity index (χ4v) is 2.56. The molecular formula is C16H20N2O2S. The summed E-state index contributed by atoms with van der Waals surface area (Å²) in [6.45, 7) is 4.63. The minimum Gasteiger partial charge on any atom is -0.494 e. The highest BCUT2D eigenvalue weighted by Gasteiger charge is 2.10. The lowest BCUT2D eigenvalue weighted by atomic mass is 10.0. The maximum absolute atomic E-state index is 12.2. The standard InChI is InChI=1S/C16H20N2O2S/c1-4-14-13(15(19)18-16(17-14)21-3)10-11-6-8-12(9-7-11)20-5-2/h6-9H,4-5,10H2,1-3H3,(H,17,18,19). The topological polar surface area (TPSA) is 55.0 Å². The molecule has 0 aliphatic rings. The van der Waals surface area contributed by atoms with Gasteiger partial charge in [-0.2, -0.15) is 0 Å². The molecule has 112 valence electrons. The number of thioether (sulfide) groups is 1. The number of aromatic nitrogens is 2. The van der Waals surface area contributed by atoms with Gasteiger partial charge in [0.15, 0.2) is 5.16 Å². The monoisotopic (exact) mass is 304 g/mol. The van der Waals surface area contributed by atoms with Gasteiger partial charge in [-0.05, 0) is 37.3 Å². The number of aromatic amines is 1. The van der Waals surface area contributed by atoms with Crippen LogP contribution < -0.4 is 10.3 Å². The minimum atomic E-state index is -0.0416. The molecule has 5 heteroatoms. The Morgan fingerprint density at radius 1 is 1.24 bits per heavy atom. The molecule has 0 spiro atoms. The van der Waals surface area contributed by atoms with Gasteiger partial charge in [0.05, 0.1) is 12.3 Å². The molecule has 4 nitrogen and oxygen atoms in total. The van der Waals surface area contributed by atoms with Gasteiger partial charge in [0, 0.05) is 12.0 Å². The second kappa shape index (κ2) is 7.31. The lowest BCUT2D eigenvalue weighted by molar-refractivity contribution is 0.340. The van der Waals surface area contributed by atoms with E-state index in [1.54, 1.807) is 0 Å². The SMILES string of the molecule is CCOc1ccc(Cc2c(CC)nc(SC)[nH]c2=O)cc1. The van der Waals surface area contributed by atoms with Crippen molar-refractivity contribution in [1.29, 1.82) is 0 Å². The van der Waals surface area contributed by atoms with Crippen LogP contribution in [0, 0.1) is 0 Å². The van der Waals surface area contributed by atoms with Crippen LogP contribution in [0.3, 0.4) is 0 Å². The van der Waals surface area contributed by atoms with Crippen LogP contribution in [0.4, 0.5) is 0 Å². The number of nitrogens with zero attached hydrogens (tertiary/aromatic N) is 1. The van der Waals surface area contributed by atoms with Crippen LogP contribution in [-0.2, 0) is 12.8 Å². The third-order valence-corrected chi connectivity index (χ3v) is 3.80. The molecule has 0 amide bonds. The summed E-state index contributed by atoms with van der Waals surface area (Å²) < 4.78 is 5.43. The zero-order valence-corrected chi connectivity index (χ0v) is 13.4. The van der Waals surface area contributed by atoms with Crippen LogP contribution in [0.25, 0.3) is 0 Å². The van der Waals surface area contributed by atoms with Gasteiger partial charge < -0.3 is 9.72 Å². The fraction of sp³-hybridized carbons (Fsp3) is 0.375. The van der Waals surface area contributed by atoms with Gasteiger partial charge in [-0.15, -0.1) is 0 Å². The van der Waals surface area contributed by atoms with E-state index in [1.807, 2.05) is 44.4 Å². The largest absolute Gasteiger partial charge is 0.494 e. The van der Waals surface area contributed by atoms with Crippen molar-refractivity contribution in [3.63, 3.8) is 0 Å². The number of benzene rings is 1. The van der Waals surface area contributed by atoms with Gasteiger partial charge in [0.25, 0.3) is 5.56 Å². The zero-order chi connectivity index (χ0) is 15.2. The van der Waals surface area contributed by atoms with Crippen molar-refractivity contribution in [1.82, 2.24) is 9.97 Å². The Labute approximate surface area is 129 Å². The Morgan fingerprint density at radius 3 is 2.52 bits per heavy atom. The Morgan fingerprint density at radius 2 is 1.95 bits per heavy atom. The molecule has 0 fully saturated rings. The first-order valence-electron chi connectivity index (χ1n) is 7.05. The van der Waals surface area contributed by atoms with Crippen molar-refractivity contribution in [3.05, 3.63) is 51.4 Å². The Hall–Kier alpha value is -1.75. The Kier molecular flexibility index (Phi) is 5.44. The Balaban J connectivity index is 2.28. The fourth-order valence-electron chi connectivity index (χ4n) is 2.17. The van der Waals surface area contributed by atoms with Crippen molar-refractivity contribution >= 4 is 11.8 Å². The molecule has 1 aromatic heterocycles. The highest BCUT2D eigenvalue weighted by Crippen LogP contribution is 2.16. The van der Waals surface area contributed by atoms with Gasteiger partial charge in [-0.25, -0.2) is 4.98 Å². The second-order valence-electron chi connectivity index (χ2n) is 4.61. The number of hydrogen-bond acceptors (Lipinski definition) is 4. The van der Waals surface area contributed by atoms with E-state index in [0.29, 0.717) is 18.2 Å². The molecule has 0 aliphatic heterocycles. The summed E-state index contributed by atoms with van der Waals surface area (Å²) in [5.41, 5.74) is 2.66. The predicted octanol–water partition coefficient (Wildman–Crippen LogP) is 3.04.